The molecule has 1 amide bonds. The van der Waals surface area contributed by atoms with Crippen molar-refractivity contribution < 1.29 is 13.2 Å². The van der Waals surface area contributed by atoms with E-state index in [1.54, 1.807) is 66.7 Å². The van der Waals surface area contributed by atoms with Crippen LogP contribution < -0.4 is 4.90 Å². The molecule has 34 heavy (non-hydrogen) atoms. The summed E-state index contributed by atoms with van der Waals surface area (Å²) < 4.78 is 27.8. The number of halogens is 2. The number of nitrogens with zero attached hydrogens (tertiary/aromatic N) is 2. The van der Waals surface area contributed by atoms with Gasteiger partial charge in [-0.3, -0.25) is 9.69 Å². The van der Waals surface area contributed by atoms with Crippen molar-refractivity contribution in [2.45, 2.75) is 11.8 Å². The fourth-order valence-corrected chi connectivity index (χ4v) is 5.88. The summed E-state index contributed by atoms with van der Waals surface area (Å²) in [5, 5.41) is 0.671. The van der Waals surface area contributed by atoms with Gasteiger partial charge in [-0.05, 0) is 55.5 Å². The fourth-order valence-electron chi connectivity index (χ4n) is 3.99. The Hall–Kier alpha value is -3.32. The van der Waals surface area contributed by atoms with Gasteiger partial charge < -0.3 is 0 Å². The van der Waals surface area contributed by atoms with Gasteiger partial charge in [-0.15, -0.1) is 0 Å². The highest BCUT2D eigenvalue weighted by molar-refractivity contribution is 7.90. The smallest absolute Gasteiger partial charge is 0.268 e. The minimum Gasteiger partial charge on any atom is -0.273 e. The number of hydrogen-bond donors (Lipinski definition) is 0. The minimum absolute atomic E-state index is 0.163. The van der Waals surface area contributed by atoms with Gasteiger partial charge in [0, 0.05) is 11.8 Å². The summed E-state index contributed by atoms with van der Waals surface area (Å²) >= 11 is 12.8. The van der Waals surface area contributed by atoms with Gasteiger partial charge in [0.2, 0.25) is 0 Å². The lowest BCUT2D eigenvalue weighted by Gasteiger charge is -2.20. The van der Waals surface area contributed by atoms with Crippen molar-refractivity contribution in [3.8, 4) is 0 Å². The third kappa shape index (κ3) is 3.64. The first-order chi connectivity index (χ1) is 16.3. The average molecular weight is 509 g/mol. The second kappa shape index (κ2) is 8.47. The number of para-hydroxylation sites is 2. The Morgan fingerprint density at radius 3 is 2.21 bits per heavy atom. The molecule has 170 valence electrons. The minimum atomic E-state index is -3.85. The highest BCUT2D eigenvalue weighted by atomic mass is 35.5. The molecule has 0 N–H and O–H groups in total. The summed E-state index contributed by atoms with van der Waals surface area (Å²) in [6.07, 6.45) is 3.05. The molecule has 1 aliphatic heterocycles. The van der Waals surface area contributed by atoms with Crippen molar-refractivity contribution in [2.75, 3.05) is 4.90 Å². The summed E-state index contributed by atoms with van der Waals surface area (Å²) in [7, 11) is -3.85. The summed E-state index contributed by atoms with van der Waals surface area (Å²) in [5.74, 6) is -0.350. The molecule has 1 aromatic heterocycles. The largest absolute Gasteiger partial charge is 0.273 e. The molecule has 4 aromatic rings. The Labute approximate surface area is 207 Å². The first-order valence-electron chi connectivity index (χ1n) is 10.4. The van der Waals surface area contributed by atoms with E-state index in [1.165, 1.54) is 15.1 Å². The fraction of sp³-hybridized carbons (Fsp3) is 0.0385. The number of carbonyl (C=O) groups is 1. The van der Waals surface area contributed by atoms with Crippen molar-refractivity contribution in [3.05, 3.63) is 112 Å². The SMILES string of the molecule is Cc1ccc(S(=O)(=O)n2cccc2/C=C2\C(=O)N(c3c(Cl)cccc3Cl)c3ccccc32)cc1. The van der Waals surface area contributed by atoms with Gasteiger partial charge in [-0.2, -0.15) is 0 Å². The molecule has 0 unspecified atom stereocenters. The van der Waals surface area contributed by atoms with Gasteiger partial charge in [-0.1, -0.05) is 65.2 Å². The lowest BCUT2D eigenvalue weighted by atomic mass is 10.1. The summed E-state index contributed by atoms with van der Waals surface area (Å²) in [5.41, 5.74) is 3.31. The third-order valence-electron chi connectivity index (χ3n) is 5.64. The number of aromatic nitrogens is 1. The Balaban J connectivity index is 1.65. The molecule has 0 fully saturated rings. The van der Waals surface area contributed by atoms with Crippen molar-refractivity contribution in [1.29, 1.82) is 0 Å². The van der Waals surface area contributed by atoms with Crippen LogP contribution in [-0.4, -0.2) is 18.3 Å². The molecule has 5 nitrogen and oxygen atoms in total. The first kappa shape index (κ1) is 22.5. The third-order valence-corrected chi connectivity index (χ3v) is 7.97. The predicted octanol–water partition coefficient (Wildman–Crippen LogP) is 6.56. The Morgan fingerprint density at radius 1 is 0.824 bits per heavy atom. The molecule has 0 atom stereocenters. The Morgan fingerprint density at radius 2 is 1.50 bits per heavy atom. The van der Waals surface area contributed by atoms with Gasteiger partial charge in [-0.25, -0.2) is 12.4 Å². The zero-order valence-corrected chi connectivity index (χ0v) is 20.3. The molecule has 0 saturated carbocycles. The van der Waals surface area contributed by atoms with E-state index in [0.717, 1.165) is 5.56 Å². The number of carbonyl (C=O) groups excluding carboxylic acids is 1. The highest BCUT2D eigenvalue weighted by Gasteiger charge is 2.35. The van der Waals surface area contributed by atoms with E-state index in [2.05, 4.69) is 0 Å². The van der Waals surface area contributed by atoms with E-state index < -0.39 is 10.0 Å². The maximum Gasteiger partial charge on any atom is 0.268 e. The molecule has 0 radical (unpaired) electrons. The normalized spacial score (nSPS) is 14.6. The van der Waals surface area contributed by atoms with Crippen LogP contribution in [0.2, 0.25) is 10.0 Å². The summed E-state index contributed by atoms with van der Waals surface area (Å²) in [6.45, 7) is 1.89. The van der Waals surface area contributed by atoms with Gasteiger partial charge in [0.05, 0.1) is 37.6 Å². The molecule has 1 aliphatic rings. The topological polar surface area (TPSA) is 59.4 Å². The maximum absolute atomic E-state index is 13.6. The van der Waals surface area contributed by atoms with Crippen LogP contribution in [0, 0.1) is 6.92 Å². The molecule has 8 heteroatoms. The summed E-state index contributed by atoms with van der Waals surface area (Å²) in [4.78, 5) is 15.3. The van der Waals surface area contributed by atoms with Gasteiger partial charge >= 0.3 is 0 Å². The average Bonchev–Trinajstić information content (AvgIpc) is 3.39. The van der Waals surface area contributed by atoms with Crippen molar-refractivity contribution in [1.82, 2.24) is 3.97 Å². The first-order valence-corrected chi connectivity index (χ1v) is 12.6. The number of amides is 1. The number of benzene rings is 3. The van der Waals surface area contributed by atoms with Crippen LogP contribution in [0.25, 0.3) is 11.6 Å². The summed E-state index contributed by atoms with van der Waals surface area (Å²) in [6, 6.07) is 22.2. The van der Waals surface area contributed by atoms with Gasteiger partial charge in [0.15, 0.2) is 0 Å². The number of aryl methyl sites for hydroxylation is 1. The zero-order chi connectivity index (χ0) is 24.0. The lowest BCUT2D eigenvalue weighted by Crippen LogP contribution is -2.21. The van der Waals surface area contributed by atoms with Crippen molar-refractivity contribution >= 4 is 62.2 Å². The van der Waals surface area contributed by atoms with Crippen LogP contribution in [0.4, 0.5) is 11.4 Å². The number of hydrogen-bond acceptors (Lipinski definition) is 3. The highest BCUT2D eigenvalue weighted by Crippen LogP contribution is 2.46. The van der Waals surface area contributed by atoms with E-state index in [9.17, 15) is 13.2 Å². The lowest BCUT2D eigenvalue weighted by molar-refractivity contribution is -0.112. The van der Waals surface area contributed by atoms with Gasteiger partial charge in [0.25, 0.3) is 15.9 Å². The van der Waals surface area contributed by atoms with Crippen molar-refractivity contribution in [3.63, 3.8) is 0 Å². The van der Waals surface area contributed by atoms with Crippen LogP contribution in [0.5, 0.6) is 0 Å². The molecule has 2 heterocycles. The van der Waals surface area contributed by atoms with E-state index in [-0.39, 0.29) is 10.8 Å². The quantitative estimate of drug-likeness (QED) is 0.293. The number of fused-ring (bicyclic) bond motifs is 1. The molecule has 0 spiro atoms. The Kier molecular flexibility index (Phi) is 5.60. The molecule has 5 rings (SSSR count). The number of rotatable bonds is 4. The van der Waals surface area contributed by atoms with Crippen LogP contribution in [0.1, 0.15) is 16.8 Å². The van der Waals surface area contributed by atoms with E-state index in [4.69, 9.17) is 23.2 Å². The molecule has 0 aliphatic carbocycles. The second-order valence-electron chi connectivity index (χ2n) is 7.83. The molecule has 0 bridgehead atoms. The van der Waals surface area contributed by atoms with Crippen molar-refractivity contribution in [2.24, 2.45) is 0 Å². The van der Waals surface area contributed by atoms with Crippen LogP contribution in [0.15, 0.2) is 90.0 Å². The monoisotopic (exact) mass is 508 g/mol. The Bertz CT molecular complexity index is 1550. The van der Waals surface area contributed by atoms with E-state index in [0.29, 0.717) is 38.3 Å². The molecular formula is C26H18Cl2N2O3S. The molecule has 0 saturated heterocycles. The van der Waals surface area contributed by atoms with E-state index in [1.807, 2.05) is 25.1 Å². The number of anilines is 2. The molecular weight excluding hydrogens is 491 g/mol. The zero-order valence-electron chi connectivity index (χ0n) is 17.9. The van der Waals surface area contributed by atoms with E-state index >= 15 is 0 Å². The van der Waals surface area contributed by atoms with Gasteiger partial charge in [0.1, 0.15) is 0 Å². The van der Waals surface area contributed by atoms with Crippen LogP contribution in [0.3, 0.4) is 0 Å². The maximum atomic E-state index is 13.6. The van der Waals surface area contributed by atoms with Crippen LogP contribution in [-0.2, 0) is 14.8 Å². The standard InChI is InChI=1S/C26H18Cl2N2O3S/c1-17-11-13-19(14-12-17)34(32,33)29-15-5-6-18(29)16-21-20-7-2-3-10-24(20)30(26(21)31)25-22(27)8-4-9-23(25)28/h2-16H,1H3/b21-16-. The van der Waals surface area contributed by atoms with Crippen LogP contribution >= 0.6 is 23.2 Å². The molecule has 3 aromatic carbocycles. The predicted molar refractivity (Wildman–Crippen MR) is 136 cm³/mol. The second-order valence-corrected chi connectivity index (χ2v) is 10.5.